The number of carbonyl (C=O) groups excluding carboxylic acids is 2. The van der Waals surface area contributed by atoms with E-state index < -0.39 is 6.04 Å². The highest BCUT2D eigenvalue weighted by atomic mass is 32.1. The normalized spacial score (nSPS) is 12.0. The first-order valence-electron chi connectivity index (χ1n) is 6.61. The van der Waals surface area contributed by atoms with Crippen LogP contribution in [0, 0.1) is 6.92 Å². The van der Waals surface area contributed by atoms with Gasteiger partial charge >= 0.3 is 0 Å². The second-order valence-electron chi connectivity index (χ2n) is 4.57. The van der Waals surface area contributed by atoms with Crippen molar-refractivity contribution < 1.29 is 14.0 Å². The fraction of sp³-hybridized carbons (Fsp3) is 0.357. The number of aromatic nitrogens is 1. The summed E-state index contributed by atoms with van der Waals surface area (Å²) < 4.78 is 4.83. The third-order valence-electron chi connectivity index (χ3n) is 2.98. The number of aryl methyl sites for hydroxylation is 2. The monoisotopic (exact) mass is 307 g/mol. The van der Waals surface area contributed by atoms with E-state index in [-0.39, 0.29) is 11.8 Å². The van der Waals surface area contributed by atoms with E-state index in [1.54, 1.807) is 6.92 Å². The van der Waals surface area contributed by atoms with Gasteiger partial charge in [-0.1, -0.05) is 6.92 Å². The third-order valence-corrected chi connectivity index (χ3v) is 3.91. The summed E-state index contributed by atoms with van der Waals surface area (Å²) >= 11 is 1.43. The number of thiazole rings is 1. The number of nitrogens with zero attached hydrogens (tertiary/aromatic N) is 1. The Morgan fingerprint density at radius 2 is 2.24 bits per heavy atom. The Labute approximate surface area is 126 Å². The second-order valence-corrected chi connectivity index (χ2v) is 5.78. The van der Waals surface area contributed by atoms with Gasteiger partial charge < -0.3 is 15.1 Å². The molecule has 2 amide bonds. The van der Waals surface area contributed by atoms with Gasteiger partial charge in [-0.05, 0) is 26.3 Å². The number of nitrogens with one attached hydrogen (secondary N) is 2. The Kier molecular flexibility index (Phi) is 4.74. The molecule has 6 nitrogen and oxygen atoms in total. The zero-order chi connectivity index (χ0) is 15.4. The minimum Gasteiger partial charge on any atom is -0.472 e. The molecule has 0 saturated heterocycles. The van der Waals surface area contributed by atoms with Crippen molar-refractivity contribution in [2.45, 2.75) is 33.2 Å². The molecule has 112 valence electrons. The summed E-state index contributed by atoms with van der Waals surface area (Å²) in [5.41, 5.74) is 1.36. The molecule has 2 aromatic rings. The number of hydrogen-bond acceptors (Lipinski definition) is 5. The zero-order valence-corrected chi connectivity index (χ0v) is 12.9. The molecule has 7 heteroatoms. The maximum Gasteiger partial charge on any atom is 0.255 e. The van der Waals surface area contributed by atoms with Crippen LogP contribution in [0.15, 0.2) is 23.0 Å². The van der Waals surface area contributed by atoms with E-state index in [1.165, 1.54) is 29.9 Å². The summed E-state index contributed by atoms with van der Waals surface area (Å²) in [6.07, 6.45) is 3.56. The fourth-order valence-corrected chi connectivity index (χ4v) is 2.67. The molecule has 1 atom stereocenters. The van der Waals surface area contributed by atoms with E-state index >= 15 is 0 Å². The molecule has 2 rings (SSSR count). The molecular weight excluding hydrogens is 290 g/mol. The number of anilines is 1. The highest BCUT2D eigenvalue weighted by Crippen LogP contribution is 2.22. The van der Waals surface area contributed by atoms with E-state index in [0.29, 0.717) is 10.7 Å². The molecule has 21 heavy (non-hydrogen) atoms. The average molecular weight is 307 g/mol. The van der Waals surface area contributed by atoms with Crippen LogP contribution < -0.4 is 10.6 Å². The first-order chi connectivity index (χ1) is 10.0. The van der Waals surface area contributed by atoms with E-state index in [9.17, 15) is 9.59 Å². The summed E-state index contributed by atoms with van der Waals surface area (Å²) in [7, 11) is 0. The molecule has 0 unspecified atom stereocenters. The molecule has 0 saturated carbocycles. The van der Waals surface area contributed by atoms with Gasteiger partial charge in [0.25, 0.3) is 5.91 Å². The van der Waals surface area contributed by atoms with Crippen LogP contribution in [0.25, 0.3) is 0 Å². The smallest absolute Gasteiger partial charge is 0.255 e. The quantitative estimate of drug-likeness (QED) is 0.888. The van der Waals surface area contributed by atoms with E-state index in [1.807, 2.05) is 13.8 Å². The molecule has 0 aliphatic carbocycles. The lowest BCUT2D eigenvalue weighted by Gasteiger charge is -2.12. The molecule has 0 fully saturated rings. The molecule has 2 heterocycles. The van der Waals surface area contributed by atoms with Crippen molar-refractivity contribution in [2.75, 3.05) is 5.32 Å². The summed E-state index contributed by atoms with van der Waals surface area (Å²) in [5.74, 6) is -0.654. The van der Waals surface area contributed by atoms with Crippen LogP contribution in [-0.4, -0.2) is 22.8 Å². The zero-order valence-electron chi connectivity index (χ0n) is 12.1. The van der Waals surface area contributed by atoms with Gasteiger partial charge in [0, 0.05) is 4.88 Å². The van der Waals surface area contributed by atoms with Gasteiger partial charge in [-0.15, -0.1) is 11.3 Å². The topological polar surface area (TPSA) is 84.2 Å². The standard InChI is InChI=1S/C14H17N3O3S/c1-4-11-9(3)21-14(16-11)17-12(18)8(2)15-13(19)10-5-6-20-7-10/h5-8H,4H2,1-3H3,(H,15,19)(H,16,17,18)/t8-/m0/s1. The van der Waals surface area contributed by atoms with Crippen LogP contribution in [0.1, 0.15) is 34.8 Å². The molecule has 0 aromatic carbocycles. The predicted octanol–water partition coefficient (Wildman–Crippen LogP) is 2.36. The van der Waals surface area contributed by atoms with Crippen LogP contribution in [0.3, 0.4) is 0 Å². The summed E-state index contributed by atoms with van der Waals surface area (Å²) in [6, 6.07) is 0.874. The summed E-state index contributed by atoms with van der Waals surface area (Å²) in [6.45, 7) is 5.60. The van der Waals surface area contributed by atoms with Gasteiger partial charge in [-0.2, -0.15) is 0 Å². The number of hydrogen-bond donors (Lipinski definition) is 2. The predicted molar refractivity (Wildman–Crippen MR) is 80.5 cm³/mol. The fourth-order valence-electron chi connectivity index (χ4n) is 1.76. The van der Waals surface area contributed by atoms with Crippen LogP contribution in [0.4, 0.5) is 5.13 Å². The van der Waals surface area contributed by atoms with Crippen molar-refractivity contribution in [2.24, 2.45) is 0 Å². The Bertz CT molecular complexity index is 634. The summed E-state index contributed by atoms with van der Waals surface area (Å²) in [4.78, 5) is 29.3. The van der Waals surface area contributed by atoms with Crippen molar-refractivity contribution in [3.63, 3.8) is 0 Å². The Morgan fingerprint density at radius 3 is 2.81 bits per heavy atom. The van der Waals surface area contributed by atoms with E-state index in [2.05, 4.69) is 15.6 Å². The maximum absolute atomic E-state index is 12.0. The van der Waals surface area contributed by atoms with Gasteiger partial charge in [0.2, 0.25) is 5.91 Å². The Morgan fingerprint density at radius 1 is 1.48 bits per heavy atom. The molecule has 0 spiro atoms. The van der Waals surface area contributed by atoms with Gasteiger partial charge in [0.15, 0.2) is 5.13 Å². The first kappa shape index (κ1) is 15.2. The Hall–Kier alpha value is -2.15. The minimum atomic E-state index is -0.665. The summed E-state index contributed by atoms with van der Waals surface area (Å²) in [5, 5.41) is 5.88. The molecule has 0 aliphatic rings. The molecule has 0 aliphatic heterocycles. The van der Waals surface area contributed by atoms with Crippen LogP contribution in [-0.2, 0) is 11.2 Å². The highest BCUT2D eigenvalue weighted by molar-refractivity contribution is 7.15. The number of rotatable bonds is 5. The average Bonchev–Trinajstić information content (AvgIpc) is 3.08. The van der Waals surface area contributed by atoms with Crippen LogP contribution >= 0.6 is 11.3 Å². The van der Waals surface area contributed by atoms with Crippen molar-refractivity contribution in [1.29, 1.82) is 0 Å². The minimum absolute atomic E-state index is 0.303. The van der Waals surface area contributed by atoms with Crippen LogP contribution in [0.5, 0.6) is 0 Å². The largest absolute Gasteiger partial charge is 0.472 e. The molecule has 2 aromatic heterocycles. The number of amides is 2. The number of carbonyl (C=O) groups is 2. The van der Waals surface area contributed by atoms with Crippen molar-refractivity contribution in [1.82, 2.24) is 10.3 Å². The third kappa shape index (κ3) is 3.69. The lowest BCUT2D eigenvalue weighted by molar-refractivity contribution is -0.117. The number of furan rings is 1. The van der Waals surface area contributed by atoms with E-state index in [4.69, 9.17) is 4.42 Å². The van der Waals surface area contributed by atoms with Crippen molar-refractivity contribution in [3.05, 3.63) is 34.7 Å². The lowest BCUT2D eigenvalue weighted by atomic mass is 10.2. The molecule has 0 radical (unpaired) electrons. The first-order valence-corrected chi connectivity index (χ1v) is 7.43. The highest BCUT2D eigenvalue weighted by Gasteiger charge is 2.18. The Balaban J connectivity index is 1.94. The molecule has 0 bridgehead atoms. The molecule has 2 N–H and O–H groups in total. The maximum atomic E-state index is 12.0. The van der Waals surface area contributed by atoms with Crippen molar-refractivity contribution >= 4 is 28.3 Å². The molecular formula is C14H17N3O3S. The SMILES string of the molecule is CCc1nc(NC(=O)[C@H](C)NC(=O)c2ccoc2)sc1C. The van der Waals surface area contributed by atoms with Gasteiger partial charge in [0.05, 0.1) is 17.5 Å². The lowest BCUT2D eigenvalue weighted by Crippen LogP contribution is -2.41. The van der Waals surface area contributed by atoms with Gasteiger partial charge in [0.1, 0.15) is 12.3 Å². The van der Waals surface area contributed by atoms with Crippen molar-refractivity contribution in [3.8, 4) is 0 Å². The second kappa shape index (κ2) is 6.53. The van der Waals surface area contributed by atoms with Gasteiger partial charge in [-0.25, -0.2) is 4.98 Å². The van der Waals surface area contributed by atoms with Crippen LogP contribution in [0.2, 0.25) is 0 Å². The van der Waals surface area contributed by atoms with E-state index in [0.717, 1.165) is 17.0 Å². The van der Waals surface area contributed by atoms with Gasteiger partial charge in [-0.3, -0.25) is 9.59 Å².